The third kappa shape index (κ3) is 6.65. The van der Waals surface area contributed by atoms with E-state index in [1.165, 1.54) is 6.92 Å². The van der Waals surface area contributed by atoms with Crippen LogP contribution in [0.3, 0.4) is 0 Å². The third-order valence-electron chi connectivity index (χ3n) is 10.6. The molecule has 2 fully saturated rings. The van der Waals surface area contributed by atoms with Crippen molar-refractivity contribution in [3.05, 3.63) is 76.1 Å². The Balaban J connectivity index is 1.29. The summed E-state index contributed by atoms with van der Waals surface area (Å²) in [6.07, 6.45) is 12.3. The predicted molar refractivity (Wildman–Crippen MR) is 192 cm³/mol. The zero-order valence-corrected chi connectivity index (χ0v) is 30.0. The molecule has 1 unspecified atom stereocenters. The van der Waals surface area contributed by atoms with Crippen LogP contribution in [-0.4, -0.2) is 54.7 Å². The molecular formula is C38H40BrN7O4. The Kier molecular flexibility index (Phi) is 9.23. The number of Topliss-reactive ketones (excluding diaryl/α,β-unsaturated/α-hetero) is 2. The van der Waals surface area contributed by atoms with E-state index in [9.17, 15) is 19.2 Å². The molecule has 0 spiro atoms. The molecule has 11 nitrogen and oxygen atoms in total. The molecule has 2 saturated carbocycles. The van der Waals surface area contributed by atoms with Crippen molar-refractivity contribution in [3.8, 4) is 11.1 Å². The molecule has 1 aliphatic heterocycles. The molecule has 2 amide bonds. The fourth-order valence-corrected chi connectivity index (χ4v) is 8.25. The van der Waals surface area contributed by atoms with Crippen LogP contribution >= 0.6 is 15.9 Å². The number of aromatic nitrogens is 5. The maximum Gasteiger partial charge on any atom is 0.229 e. The number of amides is 2. The van der Waals surface area contributed by atoms with E-state index in [-0.39, 0.29) is 41.3 Å². The average molecular weight is 739 g/mol. The van der Waals surface area contributed by atoms with E-state index >= 15 is 0 Å². The summed E-state index contributed by atoms with van der Waals surface area (Å²) in [6.45, 7) is 5.54. The van der Waals surface area contributed by atoms with Gasteiger partial charge in [0.25, 0.3) is 0 Å². The van der Waals surface area contributed by atoms with Crippen LogP contribution in [0, 0.1) is 37.0 Å². The van der Waals surface area contributed by atoms with Crippen molar-refractivity contribution >= 4 is 56.0 Å². The number of allylic oxidation sites excluding steroid dienone is 2. The van der Waals surface area contributed by atoms with E-state index in [4.69, 9.17) is 5.10 Å². The molecule has 4 atom stereocenters. The van der Waals surface area contributed by atoms with E-state index in [0.717, 1.165) is 53.5 Å². The van der Waals surface area contributed by atoms with Gasteiger partial charge in [0.15, 0.2) is 11.6 Å². The lowest BCUT2D eigenvalue weighted by Crippen LogP contribution is -2.35. The molecule has 2 bridgehead atoms. The largest absolute Gasteiger partial charge is 0.356 e. The molecule has 12 heteroatoms. The standard InChI is InChI=1S/C38H40BrN7O4/c1-21-11-12-31(39)43-36(21)44-37(50)28-15-38-16-29(38)33(28)30(48)19-46-35-24(9-7-5-4-6-8-10-32(49)42-20-38)13-25(26-17-40-23(3)41-18-26)14-27(35)34(45-46)22(2)47/h4-5,11-14,17-18,28-29,33H,6-10,15-16,19-20H2,1-3H3,(H,42,49)(H,43,44,50)/b5-4+/t28-,29+,33?,38+/m1/s1. The van der Waals surface area contributed by atoms with Crippen LogP contribution in [0.25, 0.3) is 22.0 Å². The Bertz CT molecular complexity index is 2060. The molecule has 2 N–H and O–H groups in total. The molecule has 258 valence electrons. The van der Waals surface area contributed by atoms with Gasteiger partial charge in [-0.05, 0) is 115 Å². The van der Waals surface area contributed by atoms with Gasteiger partial charge in [-0.3, -0.25) is 23.9 Å². The number of carbonyl (C=O) groups is 4. The summed E-state index contributed by atoms with van der Waals surface area (Å²) in [7, 11) is 0. The second kappa shape index (κ2) is 13.6. The number of nitrogens with zero attached hydrogens (tertiary/aromatic N) is 5. The highest BCUT2D eigenvalue weighted by atomic mass is 79.9. The number of hydrogen-bond donors (Lipinski definition) is 2. The Morgan fingerprint density at radius 3 is 2.58 bits per heavy atom. The third-order valence-corrected chi connectivity index (χ3v) is 11.0. The van der Waals surface area contributed by atoms with Crippen LogP contribution in [0.15, 0.2) is 53.4 Å². The number of anilines is 1. The molecule has 4 aromatic rings. The lowest BCUT2D eigenvalue weighted by molar-refractivity contribution is -0.131. The summed E-state index contributed by atoms with van der Waals surface area (Å²) in [6, 6.07) is 7.69. The molecule has 0 saturated heterocycles. The van der Waals surface area contributed by atoms with Gasteiger partial charge in [-0.25, -0.2) is 15.0 Å². The number of rotatable bonds is 4. The maximum atomic E-state index is 14.5. The van der Waals surface area contributed by atoms with Crippen molar-refractivity contribution in [2.45, 2.75) is 72.3 Å². The number of benzene rings is 1. The molecule has 1 aromatic carbocycles. The SMILES string of the molecule is CC(=O)c1nn2c3c(cc(-c4cnc(C)nc4)cc13)CC/C=C/CCCC(=O)NC[C@@]13C[C@@H](C(=O)Nc4nc(Br)ccc4C)C(C(=O)C2)[C@@H]1C3. The normalized spacial score (nSPS) is 24.5. The molecule has 4 heterocycles. The van der Waals surface area contributed by atoms with Gasteiger partial charge in [0, 0.05) is 55.1 Å². The summed E-state index contributed by atoms with van der Waals surface area (Å²) in [5, 5.41) is 11.6. The fourth-order valence-electron chi connectivity index (χ4n) is 7.94. The van der Waals surface area contributed by atoms with Crippen LogP contribution < -0.4 is 10.6 Å². The predicted octanol–water partition coefficient (Wildman–Crippen LogP) is 6.11. The van der Waals surface area contributed by atoms with E-state index in [0.29, 0.717) is 53.1 Å². The first-order valence-corrected chi connectivity index (χ1v) is 18.0. The minimum absolute atomic E-state index is 0.0125. The maximum absolute atomic E-state index is 14.5. The van der Waals surface area contributed by atoms with Crippen molar-refractivity contribution in [1.29, 1.82) is 0 Å². The second-order valence-corrected chi connectivity index (χ2v) is 14.9. The summed E-state index contributed by atoms with van der Waals surface area (Å²) in [4.78, 5) is 67.6. The van der Waals surface area contributed by atoms with E-state index in [1.54, 1.807) is 17.1 Å². The van der Waals surface area contributed by atoms with Crippen molar-refractivity contribution in [1.82, 2.24) is 30.0 Å². The summed E-state index contributed by atoms with van der Waals surface area (Å²) in [5.41, 5.74) is 4.17. The number of pyridine rings is 1. The molecule has 3 aromatic heterocycles. The van der Waals surface area contributed by atoms with Crippen molar-refractivity contribution in [2.24, 2.45) is 23.2 Å². The van der Waals surface area contributed by atoms with Crippen LogP contribution in [0.5, 0.6) is 0 Å². The van der Waals surface area contributed by atoms with Gasteiger partial charge in [-0.15, -0.1) is 0 Å². The Hall–Kier alpha value is -4.58. The van der Waals surface area contributed by atoms with Gasteiger partial charge < -0.3 is 10.6 Å². The minimum Gasteiger partial charge on any atom is -0.356 e. The second-order valence-electron chi connectivity index (χ2n) is 14.1. The van der Waals surface area contributed by atoms with Gasteiger partial charge in [0.1, 0.15) is 28.5 Å². The molecule has 0 radical (unpaired) electrons. The number of nitrogens with one attached hydrogen (secondary N) is 2. The van der Waals surface area contributed by atoms with E-state index in [1.807, 2.05) is 32.0 Å². The first-order valence-electron chi connectivity index (χ1n) is 17.2. The van der Waals surface area contributed by atoms with E-state index < -0.39 is 11.8 Å². The lowest BCUT2D eigenvalue weighted by atomic mass is 9.86. The minimum atomic E-state index is -0.605. The topological polar surface area (TPSA) is 149 Å². The summed E-state index contributed by atoms with van der Waals surface area (Å²) >= 11 is 3.39. The quantitative estimate of drug-likeness (QED) is 0.145. The summed E-state index contributed by atoms with van der Waals surface area (Å²) < 4.78 is 2.27. The average Bonchev–Trinajstić information content (AvgIpc) is 3.50. The Morgan fingerprint density at radius 1 is 1.02 bits per heavy atom. The van der Waals surface area contributed by atoms with Crippen LogP contribution in [-0.2, 0) is 27.3 Å². The van der Waals surface area contributed by atoms with Crippen LogP contribution in [0.2, 0.25) is 0 Å². The molecule has 3 aliphatic rings. The van der Waals surface area contributed by atoms with Gasteiger partial charge in [0.2, 0.25) is 11.8 Å². The number of aryl methyl sites for hydroxylation is 3. The van der Waals surface area contributed by atoms with Crippen LogP contribution in [0.1, 0.15) is 72.9 Å². The zero-order chi connectivity index (χ0) is 35.2. The van der Waals surface area contributed by atoms with E-state index in [2.05, 4.69) is 59.7 Å². The molecule has 7 rings (SSSR count). The van der Waals surface area contributed by atoms with Gasteiger partial charge in [0.05, 0.1) is 5.52 Å². The smallest absolute Gasteiger partial charge is 0.229 e. The van der Waals surface area contributed by atoms with Gasteiger partial charge in [-0.1, -0.05) is 18.2 Å². The number of ketones is 2. The highest BCUT2D eigenvalue weighted by Crippen LogP contribution is 2.68. The summed E-state index contributed by atoms with van der Waals surface area (Å²) in [5.74, 6) is -0.701. The molecular weight excluding hydrogens is 698 g/mol. The van der Waals surface area contributed by atoms with Gasteiger partial charge >= 0.3 is 0 Å². The van der Waals surface area contributed by atoms with Crippen molar-refractivity contribution in [3.63, 3.8) is 0 Å². The Morgan fingerprint density at radius 2 is 1.80 bits per heavy atom. The Labute approximate surface area is 298 Å². The molecule has 50 heavy (non-hydrogen) atoms. The van der Waals surface area contributed by atoms with Gasteiger partial charge in [-0.2, -0.15) is 5.10 Å². The lowest BCUT2D eigenvalue weighted by Gasteiger charge is -2.22. The number of carbonyl (C=O) groups excluding carboxylic acids is 4. The monoisotopic (exact) mass is 737 g/mol. The highest BCUT2D eigenvalue weighted by Gasteiger charge is 2.68. The highest BCUT2D eigenvalue weighted by molar-refractivity contribution is 9.10. The fraction of sp³-hybridized carbons (Fsp3) is 0.421. The van der Waals surface area contributed by atoms with Crippen molar-refractivity contribution in [2.75, 3.05) is 11.9 Å². The number of hydrogen-bond acceptors (Lipinski definition) is 8. The van der Waals surface area contributed by atoms with Crippen molar-refractivity contribution < 1.29 is 19.2 Å². The first-order chi connectivity index (χ1) is 24.0. The first kappa shape index (κ1) is 33.9. The molecule has 2 aliphatic carbocycles. The van der Waals surface area contributed by atoms with Crippen LogP contribution in [0.4, 0.5) is 5.82 Å². The zero-order valence-electron chi connectivity index (χ0n) is 28.5. The number of halogens is 1.